The van der Waals surface area contributed by atoms with Crippen molar-refractivity contribution in [1.29, 1.82) is 0 Å². The summed E-state index contributed by atoms with van der Waals surface area (Å²) in [6, 6.07) is 9.71. The van der Waals surface area contributed by atoms with Crippen LogP contribution < -0.4 is 14.9 Å². The Morgan fingerprint density at radius 2 is 1.97 bits per heavy atom. The van der Waals surface area contributed by atoms with Crippen molar-refractivity contribution in [2.45, 2.75) is 38.8 Å². The summed E-state index contributed by atoms with van der Waals surface area (Å²) in [5, 5.41) is 0.770. The number of rotatable bonds is 7. The first-order valence-corrected chi connectivity index (χ1v) is 12.2. The summed E-state index contributed by atoms with van der Waals surface area (Å²) in [7, 11) is 1.57. The van der Waals surface area contributed by atoms with Crippen LogP contribution in [0.15, 0.2) is 45.6 Å². The summed E-state index contributed by atoms with van der Waals surface area (Å²) < 4.78 is 23.3. The van der Waals surface area contributed by atoms with E-state index in [2.05, 4.69) is 13.8 Å². The van der Waals surface area contributed by atoms with Crippen molar-refractivity contribution < 1.29 is 23.4 Å². The molecule has 1 amide bonds. The summed E-state index contributed by atoms with van der Waals surface area (Å²) in [4.78, 5) is 29.0. The van der Waals surface area contributed by atoms with Gasteiger partial charge >= 0.3 is 0 Å². The number of fused-ring (bicyclic) bond motifs is 2. The SMILES string of the molecule is COc1cc([C@H]2c3c(oc4ccc(Cl)cc4c3=O)C(=O)N2C[C@H]2CCCO2)ccc1OCC(C)C. The number of benzene rings is 2. The quantitative estimate of drug-likeness (QED) is 0.445. The fourth-order valence-electron chi connectivity index (χ4n) is 4.77. The lowest BCUT2D eigenvalue weighted by Crippen LogP contribution is -2.36. The van der Waals surface area contributed by atoms with Crippen LogP contribution in [0.3, 0.4) is 0 Å². The zero-order chi connectivity index (χ0) is 24.7. The second-order valence-electron chi connectivity index (χ2n) is 9.42. The summed E-state index contributed by atoms with van der Waals surface area (Å²) in [6.07, 6.45) is 1.71. The normalized spacial score (nSPS) is 19.6. The van der Waals surface area contributed by atoms with Crippen molar-refractivity contribution in [3.8, 4) is 11.5 Å². The lowest BCUT2D eigenvalue weighted by Gasteiger charge is -2.28. The fourth-order valence-corrected chi connectivity index (χ4v) is 4.94. The number of nitrogens with zero attached hydrogens (tertiary/aromatic N) is 1. The summed E-state index contributed by atoms with van der Waals surface area (Å²) >= 11 is 6.17. The highest BCUT2D eigenvalue weighted by Crippen LogP contribution is 2.41. The zero-order valence-electron chi connectivity index (χ0n) is 20.0. The molecular formula is C27H28ClNO6. The predicted octanol–water partition coefficient (Wildman–Crippen LogP) is 5.21. The molecule has 1 fully saturated rings. The van der Waals surface area contributed by atoms with E-state index in [-0.39, 0.29) is 23.2 Å². The average Bonchev–Trinajstić information content (AvgIpc) is 3.45. The van der Waals surface area contributed by atoms with Crippen LogP contribution in [-0.4, -0.2) is 43.8 Å². The first kappa shape index (κ1) is 23.7. The molecule has 5 rings (SSSR count). The highest BCUT2D eigenvalue weighted by atomic mass is 35.5. The molecule has 7 nitrogen and oxygen atoms in total. The van der Waals surface area contributed by atoms with Crippen LogP contribution in [-0.2, 0) is 4.74 Å². The fraction of sp³-hybridized carbons (Fsp3) is 0.407. The number of ether oxygens (including phenoxy) is 3. The van der Waals surface area contributed by atoms with Crippen LogP contribution in [0.25, 0.3) is 11.0 Å². The molecule has 0 aliphatic carbocycles. The Morgan fingerprint density at radius 3 is 2.69 bits per heavy atom. The van der Waals surface area contributed by atoms with Crippen LogP contribution >= 0.6 is 11.6 Å². The molecule has 2 aliphatic rings. The Labute approximate surface area is 208 Å². The number of methoxy groups -OCH3 is 1. The van der Waals surface area contributed by atoms with Crippen molar-refractivity contribution in [3.63, 3.8) is 0 Å². The van der Waals surface area contributed by atoms with E-state index >= 15 is 0 Å². The Hall–Kier alpha value is -3.03. The Kier molecular flexibility index (Phi) is 6.47. The summed E-state index contributed by atoms with van der Waals surface area (Å²) in [6.45, 7) is 5.71. The first-order chi connectivity index (χ1) is 16.9. The van der Waals surface area contributed by atoms with Gasteiger partial charge in [-0.05, 0) is 54.7 Å². The monoisotopic (exact) mass is 497 g/mol. The van der Waals surface area contributed by atoms with Gasteiger partial charge in [0.05, 0.1) is 36.8 Å². The molecule has 1 aromatic heterocycles. The predicted molar refractivity (Wildman–Crippen MR) is 133 cm³/mol. The number of halogens is 1. The van der Waals surface area contributed by atoms with E-state index < -0.39 is 6.04 Å². The van der Waals surface area contributed by atoms with Crippen LogP contribution in [0, 0.1) is 5.92 Å². The van der Waals surface area contributed by atoms with E-state index in [9.17, 15) is 9.59 Å². The molecule has 1 saturated heterocycles. The summed E-state index contributed by atoms with van der Waals surface area (Å²) in [5.41, 5.74) is 1.11. The zero-order valence-corrected chi connectivity index (χ0v) is 20.8. The molecule has 2 atom stereocenters. The second kappa shape index (κ2) is 9.55. The van der Waals surface area contributed by atoms with E-state index in [0.717, 1.165) is 18.4 Å². The minimum atomic E-state index is -0.644. The maximum atomic E-state index is 13.7. The number of carbonyl (C=O) groups excluding carboxylic acids is 1. The Morgan fingerprint density at radius 1 is 1.14 bits per heavy atom. The van der Waals surface area contributed by atoms with Gasteiger partial charge in [-0.1, -0.05) is 31.5 Å². The van der Waals surface area contributed by atoms with Gasteiger partial charge in [0, 0.05) is 18.2 Å². The van der Waals surface area contributed by atoms with E-state index in [1.807, 2.05) is 18.2 Å². The van der Waals surface area contributed by atoms with Gasteiger partial charge < -0.3 is 23.5 Å². The Bertz CT molecular complexity index is 1330. The van der Waals surface area contributed by atoms with E-state index in [0.29, 0.717) is 58.7 Å². The molecule has 0 N–H and O–H groups in total. The number of carbonyl (C=O) groups is 1. The van der Waals surface area contributed by atoms with Gasteiger partial charge in [0.1, 0.15) is 5.58 Å². The molecule has 0 saturated carbocycles. The lowest BCUT2D eigenvalue weighted by molar-refractivity contribution is 0.0486. The Balaban J connectivity index is 1.64. The highest BCUT2D eigenvalue weighted by molar-refractivity contribution is 6.31. The molecule has 3 heterocycles. The van der Waals surface area contributed by atoms with Crippen LogP contribution in [0.1, 0.15) is 54.4 Å². The highest BCUT2D eigenvalue weighted by Gasteiger charge is 2.44. The second-order valence-corrected chi connectivity index (χ2v) is 9.86. The van der Waals surface area contributed by atoms with Gasteiger partial charge in [-0.3, -0.25) is 9.59 Å². The number of amides is 1. The average molecular weight is 498 g/mol. The van der Waals surface area contributed by atoms with Gasteiger partial charge in [-0.2, -0.15) is 0 Å². The van der Waals surface area contributed by atoms with Crippen LogP contribution in [0.5, 0.6) is 11.5 Å². The lowest BCUT2D eigenvalue weighted by atomic mass is 9.97. The summed E-state index contributed by atoms with van der Waals surface area (Å²) in [5.74, 6) is 1.23. The molecule has 184 valence electrons. The van der Waals surface area contributed by atoms with Crippen LogP contribution in [0.4, 0.5) is 0 Å². The number of hydrogen-bond donors (Lipinski definition) is 0. The van der Waals surface area contributed by atoms with Crippen molar-refractivity contribution in [2.75, 3.05) is 26.9 Å². The van der Waals surface area contributed by atoms with E-state index in [1.165, 1.54) is 0 Å². The van der Waals surface area contributed by atoms with Crippen molar-refractivity contribution in [1.82, 2.24) is 4.90 Å². The third kappa shape index (κ3) is 4.39. The third-order valence-electron chi connectivity index (χ3n) is 6.43. The van der Waals surface area contributed by atoms with Gasteiger partial charge in [-0.25, -0.2) is 0 Å². The molecule has 2 aliphatic heterocycles. The molecule has 8 heteroatoms. The van der Waals surface area contributed by atoms with E-state index in [4.69, 9.17) is 30.2 Å². The van der Waals surface area contributed by atoms with Crippen molar-refractivity contribution in [3.05, 3.63) is 68.5 Å². The third-order valence-corrected chi connectivity index (χ3v) is 6.66. The maximum Gasteiger partial charge on any atom is 0.291 e. The molecule has 0 unspecified atom stereocenters. The molecule has 2 aromatic carbocycles. The van der Waals surface area contributed by atoms with Gasteiger partial charge in [0.25, 0.3) is 5.91 Å². The van der Waals surface area contributed by atoms with Crippen molar-refractivity contribution in [2.24, 2.45) is 5.92 Å². The molecule has 35 heavy (non-hydrogen) atoms. The maximum absolute atomic E-state index is 13.7. The molecule has 0 spiro atoms. The van der Waals surface area contributed by atoms with Crippen LogP contribution in [0.2, 0.25) is 5.02 Å². The smallest absolute Gasteiger partial charge is 0.291 e. The topological polar surface area (TPSA) is 78.2 Å². The minimum Gasteiger partial charge on any atom is -0.493 e. The molecule has 3 aromatic rings. The minimum absolute atomic E-state index is 0.0620. The molecule has 0 radical (unpaired) electrons. The van der Waals surface area contributed by atoms with E-state index in [1.54, 1.807) is 30.2 Å². The number of hydrogen-bond acceptors (Lipinski definition) is 6. The van der Waals surface area contributed by atoms with Crippen molar-refractivity contribution >= 4 is 28.5 Å². The first-order valence-electron chi connectivity index (χ1n) is 11.9. The van der Waals surface area contributed by atoms with Gasteiger partial charge in [0.2, 0.25) is 5.76 Å². The standard InChI is InChI=1S/C27H28ClNO6/c1-15(2)14-34-21-8-6-16(11-22(21)32-3)24-23-25(30)19-12-17(28)7-9-20(19)35-26(23)27(31)29(24)13-18-5-4-10-33-18/h6-9,11-12,15,18,24H,4-5,10,13-14H2,1-3H3/t18-,24+/m1/s1. The molecule has 0 bridgehead atoms. The molecular weight excluding hydrogens is 470 g/mol. The van der Waals surface area contributed by atoms with Gasteiger partial charge in [-0.15, -0.1) is 0 Å². The largest absolute Gasteiger partial charge is 0.493 e. The van der Waals surface area contributed by atoms with Gasteiger partial charge in [0.15, 0.2) is 16.9 Å².